The fourth-order valence-corrected chi connectivity index (χ4v) is 2.93. The Labute approximate surface area is 171 Å². The highest BCUT2D eigenvalue weighted by Crippen LogP contribution is 2.15. The molecule has 0 spiro atoms. The fraction of sp³-hybridized carbons (Fsp3) is 0.750. The molecule has 29 heavy (non-hydrogen) atoms. The highest BCUT2D eigenvalue weighted by atomic mass is 16.6. The van der Waals surface area contributed by atoms with E-state index in [2.05, 4.69) is 0 Å². The number of hydrogen-bond donors (Lipinski definition) is 2. The maximum absolute atomic E-state index is 11.2. The van der Waals surface area contributed by atoms with E-state index in [1.54, 1.807) is 6.08 Å². The minimum Gasteiger partial charge on any atom is -0.386 e. The summed E-state index contributed by atoms with van der Waals surface area (Å²) >= 11 is 0. The molecule has 0 aliphatic rings. The van der Waals surface area contributed by atoms with Crippen molar-refractivity contribution in [1.82, 2.24) is 0 Å². The van der Waals surface area contributed by atoms with Gasteiger partial charge in [0.1, 0.15) is 18.5 Å². The Morgan fingerprint density at radius 1 is 0.793 bits per heavy atom. The van der Waals surface area contributed by atoms with Crippen molar-refractivity contribution in [3.05, 3.63) is 44.5 Å². The SMILES string of the molecule is CC/C=C\CC(O)C(C/C=C\CC(C(O)CCCCCCC=O)[N+](=O)[O-])[N+](=O)[O-]. The smallest absolute Gasteiger partial charge is 0.242 e. The average molecular weight is 414 g/mol. The number of carbonyl (C=O) groups is 1. The van der Waals surface area contributed by atoms with E-state index in [-0.39, 0.29) is 19.3 Å². The molecule has 0 bridgehead atoms. The summed E-state index contributed by atoms with van der Waals surface area (Å²) < 4.78 is 0. The number of rotatable bonds is 18. The number of carbonyl (C=O) groups excluding carboxylic acids is 1. The maximum Gasteiger partial charge on any atom is 0.242 e. The summed E-state index contributed by atoms with van der Waals surface area (Å²) in [6.45, 7) is 1.92. The fourth-order valence-electron chi connectivity index (χ4n) is 2.93. The van der Waals surface area contributed by atoms with Gasteiger partial charge in [0.15, 0.2) is 0 Å². The van der Waals surface area contributed by atoms with E-state index in [1.807, 2.05) is 13.0 Å². The van der Waals surface area contributed by atoms with E-state index >= 15 is 0 Å². The standard InChI is InChI=1S/C20H34N2O7/c1-2-3-7-14-19(24)17(21(26)27)12-9-10-13-18(22(28)29)20(25)15-8-5-4-6-11-16-23/h3,7,9-10,16-20,24-25H,2,4-6,8,11-15H2,1H3/b7-3-,10-9-. The molecule has 0 aromatic carbocycles. The van der Waals surface area contributed by atoms with Gasteiger partial charge < -0.3 is 15.0 Å². The number of allylic oxidation sites excluding steroid dienone is 1. The van der Waals surface area contributed by atoms with Crippen molar-refractivity contribution >= 4 is 6.29 Å². The highest BCUT2D eigenvalue weighted by Gasteiger charge is 2.29. The van der Waals surface area contributed by atoms with Gasteiger partial charge in [0.05, 0.1) is 0 Å². The van der Waals surface area contributed by atoms with Crippen LogP contribution in [0.25, 0.3) is 0 Å². The summed E-state index contributed by atoms with van der Waals surface area (Å²) in [5.41, 5.74) is 0. The molecular formula is C20H34N2O7. The first-order valence-corrected chi connectivity index (χ1v) is 10.2. The lowest BCUT2D eigenvalue weighted by molar-refractivity contribution is -0.534. The number of hydrogen-bond acceptors (Lipinski definition) is 7. The van der Waals surface area contributed by atoms with Crippen LogP contribution in [0.5, 0.6) is 0 Å². The van der Waals surface area contributed by atoms with E-state index in [4.69, 9.17) is 0 Å². The van der Waals surface area contributed by atoms with Crippen molar-refractivity contribution < 1.29 is 24.9 Å². The normalized spacial score (nSPS) is 16.0. The van der Waals surface area contributed by atoms with Crippen molar-refractivity contribution in [3.8, 4) is 0 Å². The first-order valence-electron chi connectivity index (χ1n) is 10.2. The van der Waals surface area contributed by atoms with Crippen LogP contribution in [0.2, 0.25) is 0 Å². The lowest BCUT2D eigenvalue weighted by Crippen LogP contribution is -2.33. The van der Waals surface area contributed by atoms with Crippen LogP contribution in [0.4, 0.5) is 0 Å². The third kappa shape index (κ3) is 12.8. The summed E-state index contributed by atoms with van der Waals surface area (Å²) in [5, 5.41) is 42.4. The van der Waals surface area contributed by atoms with Gasteiger partial charge in [-0.1, -0.05) is 50.5 Å². The summed E-state index contributed by atoms with van der Waals surface area (Å²) in [4.78, 5) is 31.5. The molecule has 4 atom stereocenters. The molecule has 9 heteroatoms. The molecule has 0 saturated carbocycles. The minimum absolute atomic E-state index is 0.0322. The molecule has 166 valence electrons. The van der Waals surface area contributed by atoms with Crippen molar-refractivity contribution in [1.29, 1.82) is 0 Å². The maximum atomic E-state index is 11.2. The van der Waals surface area contributed by atoms with Crippen molar-refractivity contribution in [3.63, 3.8) is 0 Å². The highest BCUT2D eigenvalue weighted by molar-refractivity contribution is 5.48. The van der Waals surface area contributed by atoms with Crippen LogP contribution in [0.1, 0.15) is 71.1 Å². The number of aldehydes is 1. The van der Waals surface area contributed by atoms with Gasteiger partial charge in [0.2, 0.25) is 12.1 Å². The zero-order valence-electron chi connectivity index (χ0n) is 17.1. The van der Waals surface area contributed by atoms with Gasteiger partial charge in [-0.3, -0.25) is 20.2 Å². The van der Waals surface area contributed by atoms with Crippen LogP contribution >= 0.6 is 0 Å². The Hall–Kier alpha value is -2.13. The quantitative estimate of drug-likeness (QED) is 0.115. The molecule has 0 saturated heterocycles. The number of aliphatic hydroxyl groups is 2. The van der Waals surface area contributed by atoms with Crippen LogP contribution in [-0.4, -0.2) is 50.6 Å². The van der Waals surface area contributed by atoms with E-state index < -0.39 is 34.1 Å². The predicted molar refractivity (Wildman–Crippen MR) is 110 cm³/mol. The van der Waals surface area contributed by atoms with Crippen molar-refractivity contribution in [2.24, 2.45) is 0 Å². The van der Waals surface area contributed by atoms with Crippen LogP contribution < -0.4 is 0 Å². The molecule has 0 aliphatic heterocycles. The second kappa shape index (κ2) is 16.8. The monoisotopic (exact) mass is 414 g/mol. The molecule has 0 rings (SSSR count). The second-order valence-electron chi connectivity index (χ2n) is 7.06. The van der Waals surface area contributed by atoms with Gasteiger partial charge in [0, 0.05) is 29.1 Å². The topological polar surface area (TPSA) is 144 Å². The number of nitro groups is 2. The molecule has 0 aliphatic carbocycles. The van der Waals surface area contributed by atoms with Crippen molar-refractivity contribution in [2.45, 2.75) is 95.4 Å². The van der Waals surface area contributed by atoms with E-state index in [1.165, 1.54) is 12.2 Å². The molecule has 0 fully saturated rings. The Morgan fingerprint density at radius 2 is 1.31 bits per heavy atom. The zero-order chi connectivity index (χ0) is 22.1. The van der Waals surface area contributed by atoms with Gasteiger partial charge in [-0.2, -0.15) is 0 Å². The van der Waals surface area contributed by atoms with Gasteiger partial charge in [0.25, 0.3) is 0 Å². The Balaban J connectivity index is 4.51. The summed E-state index contributed by atoms with van der Waals surface area (Å²) in [6.07, 6.45) is 9.79. The van der Waals surface area contributed by atoms with Crippen LogP contribution in [0.3, 0.4) is 0 Å². The molecular weight excluding hydrogens is 380 g/mol. The number of aliphatic hydroxyl groups excluding tert-OH is 2. The lowest BCUT2D eigenvalue weighted by atomic mass is 10.00. The summed E-state index contributed by atoms with van der Waals surface area (Å²) in [6, 6.07) is -2.36. The molecule has 9 nitrogen and oxygen atoms in total. The first-order chi connectivity index (χ1) is 13.8. The molecule has 2 N–H and O–H groups in total. The number of nitrogens with zero attached hydrogens (tertiary/aromatic N) is 2. The zero-order valence-corrected chi connectivity index (χ0v) is 17.1. The van der Waals surface area contributed by atoms with E-state index in [9.17, 15) is 35.2 Å². The Bertz CT molecular complexity index is 537. The van der Waals surface area contributed by atoms with E-state index in [0.717, 1.165) is 32.0 Å². The van der Waals surface area contributed by atoms with Gasteiger partial charge >= 0.3 is 0 Å². The molecule has 0 amide bonds. The summed E-state index contributed by atoms with van der Waals surface area (Å²) in [5.74, 6) is 0. The summed E-state index contributed by atoms with van der Waals surface area (Å²) in [7, 11) is 0. The van der Waals surface area contributed by atoms with Crippen LogP contribution in [-0.2, 0) is 4.79 Å². The Kier molecular flexibility index (Phi) is 15.6. The first kappa shape index (κ1) is 26.9. The Morgan fingerprint density at radius 3 is 1.83 bits per heavy atom. The average Bonchev–Trinajstić information content (AvgIpc) is 2.66. The molecule has 0 aromatic heterocycles. The second-order valence-corrected chi connectivity index (χ2v) is 7.06. The minimum atomic E-state index is -1.18. The molecule has 0 aromatic rings. The molecule has 4 unspecified atom stereocenters. The largest absolute Gasteiger partial charge is 0.386 e. The van der Waals surface area contributed by atoms with Gasteiger partial charge in [-0.25, -0.2) is 0 Å². The van der Waals surface area contributed by atoms with Crippen LogP contribution in [0.15, 0.2) is 24.3 Å². The molecule has 0 heterocycles. The predicted octanol–water partition coefficient (Wildman–Crippen LogP) is 3.23. The van der Waals surface area contributed by atoms with Crippen LogP contribution in [0, 0.1) is 20.2 Å². The van der Waals surface area contributed by atoms with Gasteiger partial charge in [-0.15, -0.1) is 0 Å². The van der Waals surface area contributed by atoms with E-state index in [0.29, 0.717) is 19.3 Å². The third-order valence-electron chi connectivity index (χ3n) is 4.70. The third-order valence-corrected chi connectivity index (χ3v) is 4.70. The van der Waals surface area contributed by atoms with Crippen molar-refractivity contribution in [2.75, 3.05) is 0 Å². The number of unbranched alkanes of at least 4 members (excludes halogenated alkanes) is 4. The lowest BCUT2D eigenvalue weighted by Gasteiger charge is -2.15. The van der Waals surface area contributed by atoms with Gasteiger partial charge in [-0.05, 0) is 25.7 Å². The molecule has 0 radical (unpaired) electrons.